The fourth-order valence-electron chi connectivity index (χ4n) is 2.05. The van der Waals surface area contributed by atoms with Gasteiger partial charge in [-0.3, -0.25) is 0 Å². The number of carbonyl (C=O) groups is 1. The van der Waals surface area contributed by atoms with Gasteiger partial charge in [0, 0.05) is 11.6 Å². The molecule has 0 unspecified atom stereocenters. The van der Waals surface area contributed by atoms with Crippen LogP contribution in [0.4, 0.5) is 10.5 Å². The van der Waals surface area contributed by atoms with E-state index in [-0.39, 0.29) is 6.03 Å². The van der Waals surface area contributed by atoms with Gasteiger partial charge in [0.25, 0.3) is 0 Å². The molecular formula is C14H16N4O2. The third kappa shape index (κ3) is 2.79. The SMILES string of the molecule is Cc1nnccc1NC(=O)N(Cc1ccoc1)C1CC1. The Hall–Kier alpha value is -2.37. The van der Waals surface area contributed by atoms with Gasteiger partial charge in [-0.15, -0.1) is 0 Å². The third-order valence-corrected chi connectivity index (χ3v) is 3.33. The first kappa shape index (κ1) is 12.7. The molecule has 1 aliphatic rings. The number of hydrogen-bond acceptors (Lipinski definition) is 4. The third-order valence-electron chi connectivity index (χ3n) is 3.33. The molecule has 0 saturated heterocycles. The maximum Gasteiger partial charge on any atom is 0.322 e. The Balaban J connectivity index is 1.71. The van der Waals surface area contributed by atoms with Crippen molar-refractivity contribution in [1.29, 1.82) is 0 Å². The largest absolute Gasteiger partial charge is 0.472 e. The molecule has 2 aromatic rings. The van der Waals surface area contributed by atoms with Crippen LogP contribution in [0.3, 0.4) is 0 Å². The van der Waals surface area contributed by atoms with Gasteiger partial charge < -0.3 is 14.6 Å². The summed E-state index contributed by atoms with van der Waals surface area (Å²) >= 11 is 0. The number of hydrogen-bond donors (Lipinski definition) is 1. The molecule has 0 aliphatic heterocycles. The lowest BCUT2D eigenvalue weighted by atomic mass is 10.3. The number of carbonyl (C=O) groups excluding carboxylic acids is 1. The molecule has 0 radical (unpaired) electrons. The number of nitrogens with one attached hydrogen (secondary N) is 1. The zero-order valence-corrected chi connectivity index (χ0v) is 11.2. The summed E-state index contributed by atoms with van der Waals surface area (Å²) in [5.74, 6) is 0. The lowest BCUT2D eigenvalue weighted by molar-refractivity contribution is 0.206. The summed E-state index contributed by atoms with van der Waals surface area (Å²) in [5.41, 5.74) is 2.40. The summed E-state index contributed by atoms with van der Waals surface area (Å²) in [5, 5.41) is 10.6. The average Bonchev–Trinajstić information content (AvgIpc) is 3.15. The second-order valence-electron chi connectivity index (χ2n) is 4.95. The molecule has 6 nitrogen and oxygen atoms in total. The Kier molecular flexibility index (Phi) is 3.37. The Bertz CT molecular complexity index is 593. The summed E-state index contributed by atoms with van der Waals surface area (Å²) in [6.45, 7) is 2.38. The van der Waals surface area contributed by atoms with Gasteiger partial charge in [-0.1, -0.05) is 0 Å². The number of aryl methyl sites for hydroxylation is 1. The van der Waals surface area contributed by atoms with E-state index in [0.29, 0.717) is 24.0 Å². The zero-order valence-electron chi connectivity index (χ0n) is 11.2. The summed E-state index contributed by atoms with van der Waals surface area (Å²) in [6.07, 6.45) is 6.97. The van der Waals surface area contributed by atoms with Crippen molar-refractivity contribution in [3.05, 3.63) is 42.1 Å². The molecule has 2 heterocycles. The highest BCUT2D eigenvalue weighted by Crippen LogP contribution is 2.29. The maximum absolute atomic E-state index is 12.4. The number of amides is 2. The van der Waals surface area contributed by atoms with E-state index in [1.807, 2.05) is 17.9 Å². The number of urea groups is 1. The van der Waals surface area contributed by atoms with E-state index in [4.69, 9.17) is 4.42 Å². The van der Waals surface area contributed by atoms with Crippen molar-refractivity contribution in [1.82, 2.24) is 15.1 Å². The first-order valence-electron chi connectivity index (χ1n) is 6.61. The molecule has 1 N–H and O–H groups in total. The van der Waals surface area contributed by atoms with Gasteiger partial charge in [-0.2, -0.15) is 10.2 Å². The molecule has 2 aromatic heterocycles. The molecule has 1 saturated carbocycles. The van der Waals surface area contributed by atoms with Gasteiger partial charge in [-0.05, 0) is 31.9 Å². The van der Waals surface area contributed by atoms with E-state index in [1.54, 1.807) is 24.8 Å². The van der Waals surface area contributed by atoms with E-state index in [2.05, 4.69) is 15.5 Å². The van der Waals surface area contributed by atoms with Gasteiger partial charge in [0.15, 0.2) is 0 Å². The van der Waals surface area contributed by atoms with Gasteiger partial charge >= 0.3 is 6.03 Å². The first-order chi connectivity index (χ1) is 9.74. The topological polar surface area (TPSA) is 71.3 Å². The molecule has 0 spiro atoms. The second kappa shape index (κ2) is 5.32. The Morgan fingerprint density at radius 3 is 3.00 bits per heavy atom. The molecule has 1 aliphatic carbocycles. The van der Waals surface area contributed by atoms with E-state index in [0.717, 1.165) is 18.4 Å². The van der Waals surface area contributed by atoms with Crippen molar-refractivity contribution in [3.8, 4) is 0 Å². The number of furan rings is 1. The lowest BCUT2D eigenvalue weighted by Crippen LogP contribution is -2.36. The van der Waals surface area contributed by atoms with E-state index < -0.39 is 0 Å². The average molecular weight is 272 g/mol. The van der Waals surface area contributed by atoms with Crippen LogP contribution in [0.2, 0.25) is 0 Å². The number of anilines is 1. The summed E-state index contributed by atoms with van der Waals surface area (Å²) < 4.78 is 5.06. The van der Waals surface area contributed by atoms with Crippen molar-refractivity contribution in [2.45, 2.75) is 32.4 Å². The minimum atomic E-state index is -0.107. The summed E-state index contributed by atoms with van der Waals surface area (Å²) in [4.78, 5) is 14.2. The van der Waals surface area contributed by atoms with Gasteiger partial charge in [0.05, 0.1) is 36.6 Å². The lowest BCUT2D eigenvalue weighted by Gasteiger charge is -2.22. The van der Waals surface area contributed by atoms with Crippen LogP contribution in [-0.4, -0.2) is 27.2 Å². The van der Waals surface area contributed by atoms with Gasteiger partial charge in [-0.25, -0.2) is 4.79 Å². The number of nitrogens with zero attached hydrogens (tertiary/aromatic N) is 3. The summed E-state index contributed by atoms with van der Waals surface area (Å²) in [6, 6.07) is 3.84. The molecule has 6 heteroatoms. The summed E-state index contributed by atoms with van der Waals surface area (Å²) in [7, 11) is 0. The first-order valence-corrected chi connectivity index (χ1v) is 6.61. The highest BCUT2D eigenvalue weighted by atomic mass is 16.3. The van der Waals surface area contributed by atoms with Crippen molar-refractivity contribution in [2.75, 3.05) is 5.32 Å². The predicted octanol–water partition coefficient (Wildman–Crippen LogP) is 2.57. The van der Waals surface area contributed by atoms with E-state index in [1.165, 1.54) is 0 Å². The molecule has 2 amide bonds. The number of aromatic nitrogens is 2. The van der Waals surface area contributed by atoms with Gasteiger partial charge in [0.1, 0.15) is 0 Å². The van der Waals surface area contributed by atoms with Crippen LogP contribution in [-0.2, 0) is 6.54 Å². The minimum absolute atomic E-state index is 0.107. The normalized spacial score (nSPS) is 14.1. The molecule has 20 heavy (non-hydrogen) atoms. The Morgan fingerprint density at radius 2 is 2.35 bits per heavy atom. The Labute approximate surface area is 116 Å². The smallest absolute Gasteiger partial charge is 0.322 e. The standard InChI is InChI=1S/C14H16N4O2/c1-10-13(4-6-15-17-10)16-14(19)18(12-2-3-12)8-11-5-7-20-9-11/h4-7,9,12H,2-3,8H2,1H3,(H,15,16,19). The van der Waals surface area contributed by atoms with Crippen molar-refractivity contribution < 1.29 is 9.21 Å². The highest BCUT2D eigenvalue weighted by Gasteiger charge is 2.33. The molecule has 0 aromatic carbocycles. The van der Waals surface area contributed by atoms with Crippen LogP contribution >= 0.6 is 0 Å². The minimum Gasteiger partial charge on any atom is -0.472 e. The van der Waals surface area contributed by atoms with Crippen molar-refractivity contribution >= 4 is 11.7 Å². The van der Waals surface area contributed by atoms with Crippen LogP contribution in [0.5, 0.6) is 0 Å². The van der Waals surface area contributed by atoms with Crippen LogP contribution in [0.25, 0.3) is 0 Å². The molecule has 3 rings (SSSR count). The molecule has 104 valence electrons. The molecule has 0 bridgehead atoms. The monoisotopic (exact) mass is 272 g/mol. The van der Waals surface area contributed by atoms with Crippen LogP contribution < -0.4 is 5.32 Å². The Morgan fingerprint density at radius 1 is 1.50 bits per heavy atom. The van der Waals surface area contributed by atoms with Crippen LogP contribution in [0.15, 0.2) is 35.3 Å². The van der Waals surface area contributed by atoms with Crippen molar-refractivity contribution in [3.63, 3.8) is 0 Å². The molecule has 0 atom stereocenters. The highest BCUT2D eigenvalue weighted by molar-refractivity contribution is 5.90. The fraction of sp³-hybridized carbons (Fsp3) is 0.357. The second-order valence-corrected chi connectivity index (χ2v) is 4.95. The fourth-order valence-corrected chi connectivity index (χ4v) is 2.05. The van der Waals surface area contributed by atoms with Crippen LogP contribution in [0.1, 0.15) is 24.1 Å². The maximum atomic E-state index is 12.4. The quantitative estimate of drug-likeness (QED) is 0.928. The number of rotatable bonds is 4. The van der Waals surface area contributed by atoms with Crippen LogP contribution in [0, 0.1) is 6.92 Å². The van der Waals surface area contributed by atoms with Gasteiger partial charge in [0.2, 0.25) is 0 Å². The molecule has 1 fully saturated rings. The van der Waals surface area contributed by atoms with E-state index in [9.17, 15) is 4.79 Å². The zero-order chi connectivity index (χ0) is 13.9. The van der Waals surface area contributed by atoms with E-state index >= 15 is 0 Å². The predicted molar refractivity (Wildman–Crippen MR) is 73.1 cm³/mol. The van der Waals surface area contributed by atoms with Crippen molar-refractivity contribution in [2.24, 2.45) is 0 Å². The molecular weight excluding hydrogens is 256 g/mol.